The number of amides is 1. The second kappa shape index (κ2) is 6.35. The minimum Gasteiger partial charge on any atom is -0.349 e. The molecular weight excluding hydrogens is 262 g/mol. The summed E-state index contributed by atoms with van der Waals surface area (Å²) in [5, 5.41) is 3.31. The van der Waals surface area contributed by atoms with Crippen LogP contribution >= 0.6 is 11.6 Å². The second-order valence-corrected chi connectivity index (χ2v) is 5.58. The summed E-state index contributed by atoms with van der Waals surface area (Å²) in [6, 6.07) is 4.24. The lowest BCUT2D eigenvalue weighted by Crippen LogP contribution is -2.46. The molecule has 2 heterocycles. The Balaban J connectivity index is 1.89. The highest BCUT2D eigenvalue weighted by Crippen LogP contribution is 2.15. The highest BCUT2D eigenvalue weighted by molar-refractivity contribution is 6.32. The fourth-order valence-corrected chi connectivity index (χ4v) is 2.58. The van der Waals surface area contributed by atoms with E-state index in [0.29, 0.717) is 11.6 Å². The number of likely N-dealkylation sites (tertiary alicyclic amines) is 1. The quantitative estimate of drug-likeness (QED) is 0.865. The molecule has 1 amide bonds. The molecule has 0 saturated carbocycles. The summed E-state index contributed by atoms with van der Waals surface area (Å²) in [4.78, 5) is 18.5. The normalized spacial score (nSPS) is 17.7. The number of nitrogens with one attached hydrogen (secondary N) is 1. The maximum Gasteiger partial charge on any atom is 0.254 e. The molecule has 0 aliphatic carbocycles. The highest BCUT2D eigenvalue weighted by atomic mass is 35.5. The fraction of sp³-hybridized carbons (Fsp3) is 0.571. The van der Waals surface area contributed by atoms with Gasteiger partial charge < -0.3 is 10.2 Å². The van der Waals surface area contributed by atoms with E-state index < -0.39 is 0 Å². The highest BCUT2D eigenvalue weighted by Gasteiger charge is 2.23. The first-order chi connectivity index (χ1) is 9.08. The Hall–Kier alpha value is -1.13. The summed E-state index contributed by atoms with van der Waals surface area (Å²) in [5.74, 6) is -0.124. The van der Waals surface area contributed by atoms with E-state index in [2.05, 4.69) is 29.0 Å². The SMILES string of the molecule is CC(C)N1CCC(NC(=O)c2cccnc2Cl)CC1. The van der Waals surface area contributed by atoms with Crippen molar-refractivity contribution in [2.75, 3.05) is 13.1 Å². The molecule has 1 N–H and O–H groups in total. The topological polar surface area (TPSA) is 45.2 Å². The molecule has 1 saturated heterocycles. The van der Waals surface area contributed by atoms with Crippen LogP contribution in [0.1, 0.15) is 37.0 Å². The van der Waals surface area contributed by atoms with Crippen LogP contribution in [0, 0.1) is 0 Å². The number of halogens is 1. The van der Waals surface area contributed by atoms with Gasteiger partial charge in [-0.15, -0.1) is 0 Å². The Labute approximate surface area is 119 Å². The number of hydrogen-bond donors (Lipinski definition) is 1. The van der Waals surface area contributed by atoms with Crippen molar-refractivity contribution < 1.29 is 4.79 Å². The molecule has 104 valence electrons. The maximum absolute atomic E-state index is 12.1. The average Bonchev–Trinajstić information content (AvgIpc) is 2.39. The molecule has 1 aliphatic heterocycles. The fourth-order valence-electron chi connectivity index (χ4n) is 2.38. The van der Waals surface area contributed by atoms with E-state index in [1.165, 1.54) is 0 Å². The Morgan fingerprint density at radius 2 is 2.16 bits per heavy atom. The van der Waals surface area contributed by atoms with Crippen molar-refractivity contribution in [1.29, 1.82) is 0 Å². The summed E-state index contributed by atoms with van der Waals surface area (Å²) in [6.07, 6.45) is 3.56. The van der Waals surface area contributed by atoms with Gasteiger partial charge in [0.2, 0.25) is 0 Å². The predicted octanol–water partition coefficient (Wildman–Crippen LogP) is 2.34. The largest absolute Gasteiger partial charge is 0.349 e. The van der Waals surface area contributed by atoms with Crippen LogP contribution in [0.25, 0.3) is 0 Å². The van der Waals surface area contributed by atoms with E-state index >= 15 is 0 Å². The monoisotopic (exact) mass is 281 g/mol. The lowest BCUT2D eigenvalue weighted by atomic mass is 10.0. The van der Waals surface area contributed by atoms with Crippen LogP contribution in [0.4, 0.5) is 0 Å². The van der Waals surface area contributed by atoms with Crippen LogP contribution in [0.2, 0.25) is 5.15 Å². The number of carbonyl (C=O) groups is 1. The molecule has 19 heavy (non-hydrogen) atoms. The van der Waals surface area contributed by atoms with Crippen molar-refractivity contribution in [3.05, 3.63) is 29.0 Å². The van der Waals surface area contributed by atoms with Gasteiger partial charge in [0, 0.05) is 31.4 Å². The Morgan fingerprint density at radius 3 is 2.74 bits per heavy atom. The van der Waals surface area contributed by atoms with Crippen molar-refractivity contribution in [2.24, 2.45) is 0 Å². The van der Waals surface area contributed by atoms with E-state index in [9.17, 15) is 4.79 Å². The van der Waals surface area contributed by atoms with Crippen molar-refractivity contribution in [2.45, 2.75) is 38.8 Å². The predicted molar refractivity (Wildman–Crippen MR) is 76.4 cm³/mol. The molecule has 5 heteroatoms. The average molecular weight is 282 g/mol. The van der Waals surface area contributed by atoms with Gasteiger partial charge >= 0.3 is 0 Å². The Morgan fingerprint density at radius 1 is 1.47 bits per heavy atom. The van der Waals surface area contributed by atoms with Gasteiger partial charge in [-0.1, -0.05) is 11.6 Å². The van der Waals surface area contributed by atoms with Gasteiger partial charge in [0.1, 0.15) is 5.15 Å². The number of pyridine rings is 1. The van der Waals surface area contributed by atoms with Crippen LogP contribution < -0.4 is 5.32 Å². The molecule has 0 aromatic carbocycles. The Bertz CT molecular complexity index is 442. The standard InChI is InChI=1S/C14H20ClN3O/c1-10(2)18-8-5-11(6-9-18)17-14(19)12-4-3-7-16-13(12)15/h3-4,7,10-11H,5-6,8-9H2,1-2H3,(H,17,19). The summed E-state index contributed by atoms with van der Waals surface area (Å²) in [5.41, 5.74) is 0.454. The first kappa shape index (κ1) is 14.3. The molecule has 0 atom stereocenters. The smallest absolute Gasteiger partial charge is 0.254 e. The van der Waals surface area contributed by atoms with Gasteiger partial charge in [-0.3, -0.25) is 4.79 Å². The minimum atomic E-state index is -0.124. The van der Waals surface area contributed by atoms with Crippen LogP contribution in [0.3, 0.4) is 0 Å². The zero-order valence-corrected chi connectivity index (χ0v) is 12.2. The summed E-state index contributed by atoms with van der Waals surface area (Å²) >= 11 is 5.92. The van der Waals surface area contributed by atoms with Gasteiger partial charge in [0.05, 0.1) is 5.56 Å². The van der Waals surface area contributed by atoms with Gasteiger partial charge in [-0.05, 0) is 38.8 Å². The van der Waals surface area contributed by atoms with Crippen molar-refractivity contribution in [1.82, 2.24) is 15.2 Å². The molecule has 2 rings (SSSR count). The first-order valence-electron chi connectivity index (χ1n) is 6.73. The van der Waals surface area contributed by atoms with E-state index in [0.717, 1.165) is 25.9 Å². The van der Waals surface area contributed by atoms with E-state index in [4.69, 9.17) is 11.6 Å². The van der Waals surface area contributed by atoms with Gasteiger partial charge in [0.25, 0.3) is 5.91 Å². The molecule has 0 bridgehead atoms. The molecule has 1 aromatic rings. The minimum absolute atomic E-state index is 0.124. The van der Waals surface area contributed by atoms with E-state index in [-0.39, 0.29) is 17.1 Å². The third-order valence-electron chi connectivity index (χ3n) is 3.60. The van der Waals surface area contributed by atoms with Crippen LogP contribution in [0.15, 0.2) is 18.3 Å². The molecule has 1 aliphatic rings. The number of hydrogen-bond acceptors (Lipinski definition) is 3. The zero-order valence-electron chi connectivity index (χ0n) is 11.4. The molecule has 4 nitrogen and oxygen atoms in total. The van der Waals surface area contributed by atoms with Gasteiger partial charge in [-0.25, -0.2) is 4.98 Å². The van der Waals surface area contributed by atoms with Crippen molar-refractivity contribution in [3.8, 4) is 0 Å². The molecule has 0 unspecified atom stereocenters. The summed E-state index contributed by atoms with van der Waals surface area (Å²) in [6.45, 7) is 6.47. The number of piperidine rings is 1. The molecule has 1 fully saturated rings. The van der Waals surface area contributed by atoms with E-state index in [1.54, 1.807) is 18.3 Å². The first-order valence-corrected chi connectivity index (χ1v) is 7.11. The molecule has 1 aromatic heterocycles. The van der Waals surface area contributed by atoms with Gasteiger partial charge in [-0.2, -0.15) is 0 Å². The maximum atomic E-state index is 12.1. The van der Waals surface area contributed by atoms with Crippen LogP contribution in [-0.4, -0.2) is 41.0 Å². The van der Waals surface area contributed by atoms with Crippen molar-refractivity contribution in [3.63, 3.8) is 0 Å². The number of nitrogens with zero attached hydrogens (tertiary/aromatic N) is 2. The summed E-state index contributed by atoms with van der Waals surface area (Å²) < 4.78 is 0. The summed E-state index contributed by atoms with van der Waals surface area (Å²) in [7, 11) is 0. The number of carbonyl (C=O) groups excluding carboxylic acids is 1. The second-order valence-electron chi connectivity index (χ2n) is 5.22. The molecular formula is C14H20ClN3O. The van der Waals surface area contributed by atoms with Crippen LogP contribution in [0.5, 0.6) is 0 Å². The van der Waals surface area contributed by atoms with Gasteiger partial charge in [0.15, 0.2) is 0 Å². The molecule has 0 spiro atoms. The lowest BCUT2D eigenvalue weighted by Gasteiger charge is -2.34. The zero-order chi connectivity index (χ0) is 13.8. The van der Waals surface area contributed by atoms with Crippen molar-refractivity contribution >= 4 is 17.5 Å². The Kier molecular flexibility index (Phi) is 4.77. The third kappa shape index (κ3) is 3.67. The number of aromatic nitrogens is 1. The van der Waals surface area contributed by atoms with E-state index in [1.807, 2.05) is 0 Å². The molecule has 0 radical (unpaired) electrons. The number of rotatable bonds is 3. The van der Waals surface area contributed by atoms with Crippen LogP contribution in [-0.2, 0) is 0 Å². The third-order valence-corrected chi connectivity index (χ3v) is 3.90. The lowest BCUT2D eigenvalue weighted by molar-refractivity contribution is 0.0900.